The van der Waals surface area contributed by atoms with Crippen LogP contribution >= 0.6 is 11.3 Å². The van der Waals surface area contributed by atoms with E-state index in [9.17, 15) is 4.79 Å². The summed E-state index contributed by atoms with van der Waals surface area (Å²) in [6.45, 7) is 9.89. The molecule has 0 unspecified atom stereocenters. The number of hydrogen-bond donors (Lipinski definition) is 1. The number of rotatable bonds is 3. The van der Waals surface area contributed by atoms with E-state index in [4.69, 9.17) is 0 Å². The predicted molar refractivity (Wildman–Crippen MR) is 94.2 cm³/mol. The fourth-order valence-corrected chi connectivity index (χ4v) is 3.84. The van der Waals surface area contributed by atoms with Crippen LogP contribution in [0.15, 0.2) is 5.38 Å². The number of H-pyrrole nitrogens is 1. The Hall–Kier alpha value is -1.76. The number of carbonyl (C=O) groups excluding carboxylic acids is 1. The van der Waals surface area contributed by atoms with Crippen LogP contribution in [0.2, 0.25) is 0 Å². The molecule has 3 rings (SSSR count). The van der Waals surface area contributed by atoms with Crippen molar-refractivity contribution in [2.75, 3.05) is 13.1 Å². The Morgan fingerprint density at radius 2 is 2.04 bits per heavy atom. The molecule has 1 fully saturated rings. The monoisotopic (exact) mass is 347 g/mol. The van der Waals surface area contributed by atoms with Gasteiger partial charge in [-0.1, -0.05) is 20.8 Å². The van der Waals surface area contributed by atoms with E-state index in [1.165, 1.54) is 0 Å². The van der Waals surface area contributed by atoms with Gasteiger partial charge in [-0.15, -0.1) is 11.3 Å². The summed E-state index contributed by atoms with van der Waals surface area (Å²) in [6, 6.07) is 0. The average molecular weight is 347 g/mol. The first-order valence-electron chi connectivity index (χ1n) is 8.44. The highest BCUT2D eigenvalue weighted by Gasteiger charge is 2.27. The van der Waals surface area contributed by atoms with Crippen LogP contribution < -0.4 is 0 Å². The van der Waals surface area contributed by atoms with Crippen molar-refractivity contribution in [3.63, 3.8) is 0 Å². The van der Waals surface area contributed by atoms with Crippen molar-refractivity contribution in [2.24, 2.45) is 0 Å². The summed E-state index contributed by atoms with van der Waals surface area (Å²) in [4.78, 5) is 23.5. The number of thiazole rings is 1. The smallest absolute Gasteiger partial charge is 0.228 e. The van der Waals surface area contributed by atoms with E-state index in [-0.39, 0.29) is 11.3 Å². The summed E-state index contributed by atoms with van der Waals surface area (Å²) >= 11 is 1.64. The van der Waals surface area contributed by atoms with Crippen LogP contribution in [0, 0.1) is 6.92 Å². The molecule has 0 atom stereocenters. The zero-order chi connectivity index (χ0) is 17.3. The molecule has 1 aliphatic rings. The largest absolute Gasteiger partial charge is 0.342 e. The highest BCUT2D eigenvalue weighted by atomic mass is 32.1. The van der Waals surface area contributed by atoms with Crippen molar-refractivity contribution >= 4 is 17.2 Å². The zero-order valence-corrected chi connectivity index (χ0v) is 15.6. The molecule has 1 N–H and O–H groups in total. The number of piperidine rings is 1. The third-order valence-electron chi connectivity index (χ3n) is 4.35. The standard InChI is InChI=1S/C17H25N5OS/c1-11-18-15(21-20-11)12-5-7-22(8-6-12)14(23)9-13-10-24-16(19-13)17(2,3)4/h10,12H,5-9H2,1-4H3,(H,18,20,21). The number of aryl methyl sites for hydroxylation is 1. The van der Waals surface area contributed by atoms with E-state index in [0.717, 1.165) is 48.3 Å². The second-order valence-electron chi connectivity index (χ2n) is 7.50. The van der Waals surface area contributed by atoms with Crippen LogP contribution in [0.4, 0.5) is 0 Å². The Balaban J connectivity index is 1.54. The molecule has 0 aliphatic carbocycles. The van der Waals surface area contributed by atoms with Gasteiger partial charge >= 0.3 is 0 Å². The Bertz CT molecular complexity index is 707. The highest BCUT2D eigenvalue weighted by Crippen LogP contribution is 2.27. The molecule has 7 heteroatoms. The van der Waals surface area contributed by atoms with Gasteiger partial charge < -0.3 is 4.90 Å². The van der Waals surface area contributed by atoms with Crippen molar-refractivity contribution in [3.8, 4) is 0 Å². The third kappa shape index (κ3) is 3.83. The predicted octanol–water partition coefficient (Wildman–Crippen LogP) is 2.82. The zero-order valence-electron chi connectivity index (χ0n) is 14.8. The van der Waals surface area contributed by atoms with Gasteiger partial charge in [0.05, 0.1) is 17.1 Å². The van der Waals surface area contributed by atoms with Crippen LogP contribution in [-0.4, -0.2) is 44.1 Å². The lowest BCUT2D eigenvalue weighted by molar-refractivity contribution is -0.131. The van der Waals surface area contributed by atoms with E-state index >= 15 is 0 Å². The molecular weight excluding hydrogens is 322 g/mol. The number of likely N-dealkylation sites (tertiary alicyclic amines) is 1. The van der Waals surface area contributed by atoms with Gasteiger partial charge in [0.25, 0.3) is 0 Å². The maximum atomic E-state index is 12.5. The van der Waals surface area contributed by atoms with Gasteiger partial charge in [0, 0.05) is 29.8 Å². The molecule has 130 valence electrons. The Morgan fingerprint density at radius 1 is 1.33 bits per heavy atom. The second kappa shape index (κ2) is 6.63. The molecule has 0 bridgehead atoms. The fourth-order valence-electron chi connectivity index (χ4n) is 2.93. The number of hydrogen-bond acceptors (Lipinski definition) is 5. The molecule has 1 aliphatic heterocycles. The fraction of sp³-hybridized carbons (Fsp3) is 0.647. The second-order valence-corrected chi connectivity index (χ2v) is 8.36. The summed E-state index contributed by atoms with van der Waals surface area (Å²) < 4.78 is 0. The minimum absolute atomic E-state index is 0.0407. The molecule has 0 radical (unpaired) electrons. The number of carbonyl (C=O) groups is 1. The maximum Gasteiger partial charge on any atom is 0.228 e. The minimum atomic E-state index is 0.0407. The van der Waals surface area contributed by atoms with E-state index in [2.05, 4.69) is 40.9 Å². The van der Waals surface area contributed by atoms with Gasteiger partial charge in [-0.25, -0.2) is 9.97 Å². The van der Waals surface area contributed by atoms with Gasteiger partial charge in [-0.2, -0.15) is 5.10 Å². The molecule has 3 heterocycles. The van der Waals surface area contributed by atoms with Gasteiger partial charge in [0.1, 0.15) is 5.82 Å². The molecule has 1 amide bonds. The van der Waals surface area contributed by atoms with Crippen LogP contribution in [0.5, 0.6) is 0 Å². The Kier molecular flexibility index (Phi) is 4.71. The van der Waals surface area contributed by atoms with Crippen LogP contribution in [-0.2, 0) is 16.6 Å². The lowest BCUT2D eigenvalue weighted by atomic mass is 9.96. The van der Waals surface area contributed by atoms with Crippen LogP contribution in [0.1, 0.15) is 61.9 Å². The van der Waals surface area contributed by atoms with E-state index in [1.54, 1.807) is 11.3 Å². The van der Waals surface area contributed by atoms with Gasteiger partial charge in [-0.05, 0) is 19.8 Å². The Labute approximate surface area is 146 Å². The van der Waals surface area contributed by atoms with Crippen LogP contribution in [0.25, 0.3) is 0 Å². The normalized spacial score (nSPS) is 16.6. The van der Waals surface area contributed by atoms with Gasteiger partial charge in [-0.3, -0.25) is 9.89 Å². The molecule has 0 saturated carbocycles. The van der Waals surface area contributed by atoms with Gasteiger partial charge in [0.15, 0.2) is 5.82 Å². The number of nitrogens with zero attached hydrogens (tertiary/aromatic N) is 4. The first kappa shape index (κ1) is 17.1. The van der Waals surface area contributed by atoms with Gasteiger partial charge in [0.2, 0.25) is 5.91 Å². The lowest BCUT2D eigenvalue weighted by Gasteiger charge is -2.30. The molecular formula is C17H25N5OS. The molecule has 24 heavy (non-hydrogen) atoms. The summed E-state index contributed by atoms with van der Waals surface area (Å²) in [6.07, 6.45) is 2.25. The average Bonchev–Trinajstić information content (AvgIpc) is 3.16. The number of aromatic amines is 1. The molecule has 2 aromatic heterocycles. The number of nitrogens with one attached hydrogen (secondary N) is 1. The van der Waals surface area contributed by atoms with E-state index < -0.39 is 0 Å². The van der Waals surface area contributed by atoms with E-state index in [0.29, 0.717) is 12.3 Å². The molecule has 0 aromatic carbocycles. The first-order chi connectivity index (χ1) is 11.3. The number of amides is 1. The maximum absolute atomic E-state index is 12.5. The SMILES string of the molecule is Cc1nc(C2CCN(C(=O)Cc3csc(C(C)(C)C)n3)CC2)n[nH]1. The highest BCUT2D eigenvalue weighted by molar-refractivity contribution is 7.09. The number of aromatic nitrogens is 4. The van der Waals surface area contributed by atoms with E-state index in [1.807, 2.05) is 17.2 Å². The van der Waals surface area contributed by atoms with Crippen LogP contribution in [0.3, 0.4) is 0 Å². The topological polar surface area (TPSA) is 74.8 Å². The quantitative estimate of drug-likeness (QED) is 0.926. The van der Waals surface area contributed by atoms with Crippen molar-refractivity contribution in [1.29, 1.82) is 0 Å². The molecule has 0 spiro atoms. The van der Waals surface area contributed by atoms with Crippen molar-refractivity contribution < 1.29 is 4.79 Å². The first-order valence-corrected chi connectivity index (χ1v) is 9.32. The minimum Gasteiger partial charge on any atom is -0.342 e. The summed E-state index contributed by atoms with van der Waals surface area (Å²) in [7, 11) is 0. The van der Waals surface area contributed by atoms with Crippen molar-refractivity contribution in [3.05, 3.63) is 27.7 Å². The molecule has 6 nitrogen and oxygen atoms in total. The van der Waals surface area contributed by atoms with Crippen molar-refractivity contribution in [2.45, 2.75) is 58.3 Å². The molecule has 1 saturated heterocycles. The lowest BCUT2D eigenvalue weighted by Crippen LogP contribution is -2.39. The van der Waals surface area contributed by atoms with Crippen molar-refractivity contribution in [1.82, 2.24) is 25.1 Å². The summed E-state index contributed by atoms with van der Waals surface area (Å²) in [5.74, 6) is 2.26. The molecule has 2 aromatic rings. The Morgan fingerprint density at radius 3 is 2.58 bits per heavy atom. The third-order valence-corrected chi connectivity index (χ3v) is 5.67. The summed E-state index contributed by atoms with van der Waals surface area (Å²) in [5, 5.41) is 10.3. The summed E-state index contributed by atoms with van der Waals surface area (Å²) in [5.41, 5.74) is 0.931.